The van der Waals surface area contributed by atoms with Crippen LogP contribution in [0.3, 0.4) is 0 Å². The zero-order valence-corrected chi connectivity index (χ0v) is 11.1. The summed E-state index contributed by atoms with van der Waals surface area (Å²) in [5, 5.41) is 0. The van der Waals surface area contributed by atoms with Crippen molar-refractivity contribution in [1.82, 2.24) is 0 Å². The molecule has 0 N–H and O–H groups in total. The molecule has 0 aliphatic heterocycles. The van der Waals surface area contributed by atoms with Crippen molar-refractivity contribution in [3.05, 3.63) is 29.8 Å². The van der Waals surface area contributed by atoms with Crippen molar-refractivity contribution in [2.75, 3.05) is 34.5 Å². The number of rotatable bonds is 7. The van der Waals surface area contributed by atoms with Gasteiger partial charge in [-0.25, -0.2) is 0 Å². The highest BCUT2D eigenvalue weighted by molar-refractivity contribution is 5.29. The molecule has 0 heterocycles. The average molecular weight is 238 g/mol. The van der Waals surface area contributed by atoms with Crippen molar-refractivity contribution < 1.29 is 14.2 Å². The lowest BCUT2D eigenvalue weighted by Crippen LogP contribution is -2.20. The fraction of sp³-hybridized carbons (Fsp3) is 0.571. The van der Waals surface area contributed by atoms with Crippen molar-refractivity contribution in [1.29, 1.82) is 0 Å². The van der Waals surface area contributed by atoms with Crippen LogP contribution in [-0.4, -0.2) is 34.5 Å². The molecule has 96 valence electrons. The smallest absolute Gasteiger partial charge is 0.118 e. The van der Waals surface area contributed by atoms with Gasteiger partial charge in [0.1, 0.15) is 5.75 Å². The molecule has 1 rings (SSSR count). The van der Waals surface area contributed by atoms with Crippen LogP contribution in [0.1, 0.15) is 18.4 Å². The summed E-state index contributed by atoms with van der Waals surface area (Å²) < 4.78 is 15.6. The van der Waals surface area contributed by atoms with Gasteiger partial charge in [-0.3, -0.25) is 0 Å². The van der Waals surface area contributed by atoms with Gasteiger partial charge < -0.3 is 14.2 Å². The van der Waals surface area contributed by atoms with Crippen LogP contribution in [0.15, 0.2) is 24.3 Å². The van der Waals surface area contributed by atoms with Crippen molar-refractivity contribution in [2.45, 2.75) is 12.8 Å². The van der Waals surface area contributed by atoms with Gasteiger partial charge in [0.15, 0.2) is 0 Å². The molecule has 0 saturated carbocycles. The first kappa shape index (κ1) is 14.0. The van der Waals surface area contributed by atoms with Gasteiger partial charge in [0.05, 0.1) is 20.3 Å². The lowest BCUT2D eigenvalue weighted by Gasteiger charge is -2.23. The van der Waals surface area contributed by atoms with Crippen molar-refractivity contribution >= 4 is 0 Å². The number of ether oxygens (including phenoxy) is 3. The lowest BCUT2D eigenvalue weighted by atomic mass is 9.88. The second kappa shape index (κ2) is 7.30. The molecule has 0 saturated heterocycles. The SMILES string of the molecule is COCC(COC)C(C)c1ccc(OC)cc1. The Labute approximate surface area is 104 Å². The number of methoxy groups -OCH3 is 3. The van der Waals surface area contributed by atoms with Crippen LogP contribution in [-0.2, 0) is 9.47 Å². The second-order valence-corrected chi connectivity index (χ2v) is 4.23. The van der Waals surface area contributed by atoms with Crippen LogP contribution >= 0.6 is 0 Å². The van der Waals surface area contributed by atoms with E-state index in [4.69, 9.17) is 14.2 Å². The Morgan fingerprint density at radius 3 is 1.88 bits per heavy atom. The highest BCUT2D eigenvalue weighted by Gasteiger charge is 2.18. The maximum absolute atomic E-state index is 5.24. The second-order valence-electron chi connectivity index (χ2n) is 4.23. The Morgan fingerprint density at radius 2 is 1.47 bits per heavy atom. The highest BCUT2D eigenvalue weighted by atomic mass is 16.5. The van der Waals surface area contributed by atoms with Crippen molar-refractivity contribution in [3.63, 3.8) is 0 Å². The molecule has 0 aliphatic carbocycles. The monoisotopic (exact) mass is 238 g/mol. The fourth-order valence-corrected chi connectivity index (χ4v) is 1.94. The maximum atomic E-state index is 5.24. The predicted octanol–water partition coefficient (Wildman–Crippen LogP) is 2.71. The first-order valence-corrected chi connectivity index (χ1v) is 5.84. The molecule has 1 aromatic carbocycles. The molecule has 1 atom stereocenters. The van der Waals surface area contributed by atoms with E-state index in [-0.39, 0.29) is 0 Å². The third-order valence-electron chi connectivity index (χ3n) is 3.11. The molecule has 0 bridgehead atoms. The minimum atomic E-state index is 0.374. The van der Waals surface area contributed by atoms with E-state index < -0.39 is 0 Å². The highest BCUT2D eigenvalue weighted by Crippen LogP contribution is 2.26. The normalized spacial score (nSPS) is 12.8. The molecule has 0 fully saturated rings. The lowest BCUT2D eigenvalue weighted by molar-refractivity contribution is 0.0737. The zero-order valence-electron chi connectivity index (χ0n) is 11.1. The average Bonchev–Trinajstić information content (AvgIpc) is 2.38. The maximum Gasteiger partial charge on any atom is 0.118 e. The van der Waals surface area contributed by atoms with Gasteiger partial charge in [0.25, 0.3) is 0 Å². The Kier molecular flexibility index (Phi) is 6.01. The van der Waals surface area contributed by atoms with Crippen LogP contribution in [0.2, 0.25) is 0 Å². The van der Waals surface area contributed by atoms with Gasteiger partial charge in [-0.05, 0) is 23.6 Å². The summed E-state index contributed by atoms with van der Waals surface area (Å²) in [6, 6.07) is 8.18. The van der Waals surface area contributed by atoms with E-state index in [0.29, 0.717) is 25.0 Å². The zero-order chi connectivity index (χ0) is 12.7. The molecular formula is C14H22O3. The van der Waals surface area contributed by atoms with E-state index in [1.54, 1.807) is 21.3 Å². The van der Waals surface area contributed by atoms with E-state index in [1.807, 2.05) is 12.1 Å². The predicted molar refractivity (Wildman–Crippen MR) is 68.7 cm³/mol. The largest absolute Gasteiger partial charge is 0.497 e. The first-order chi connectivity index (χ1) is 8.22. The first-order valence-electron chi connectivity index (χ1n) is 5.84. The Hall–Kier alpha value is -1.06. The topological polar surface area (TPSA) is 27.7 Å². The van der Waals surface area contributed by atoms with Crippen LogP contribution in [0, 0.1) is 5.92 Å². The summed E-state index contributed by atoms with van der Waals surface area (Å²) in [5.41, 5.74) is 1.28. The number of hydrogen-bond acceptors (Lipinski definition) is 3. The molecule has 0 radical (unpaired) electrons. The Bertz CT molecular complexity index is 302. The summed E-state index contributed by atoms with van der Waals surface area (Å²) in [5.74, 6) is 1.66. The standard InChI is InChI=1S/C14H22O3/c1-11(13(9-15-2)10-16-3)12-5-7-14(17-4)8-6-12/h5-8,11,13H,9-10H2,1-4H3. The molecule has 0 aromatic heterocycles. The van der Waals surface area contributed by atoms with Crippen LogP contribution in [0.5, 0.6) is 5.75 Å². The van der Waals surface area contributed by atoms with E-state index >= 15 is 0 Å². The Balaban J connectivity index is 2.73. The minimum Gasteiger partial charge on any atom is -0.497 e. The summed E-state index contributed by atoms with van der Waals surface area (Å²) in [6.45, 7) is 3.62. The quantitative estimate of drug-likeness (QED) is 0.731. The molecule has 1 unspecified atom stereocenters. The number of hydrogen-bond donors (Lipinski definition) is 0. The van der Waals surface area contributed by atoms with Gasteiger partial charge >= 0.3 is 0 Å². The fourth-order valence-electron chi connectivity index (χ4n) is 1.94. The Morgan fingerprint density at radius 1 is 0.941 bits per heavy atom. The molecule has 0 aliphatic rings. The van der Waals surface area contributed by atoms with Crippen LogP contribution < -0.4 is 4.74 Å². The third kappa shape index (κ3) is 4.02. The van der Waals surface area contributed by atoms with Crippen LogP contribution in [0.25, 0.3) is 0 Å². The molecule has 0 amide bonds. The van der Waals surface area contributed by atoms with Crippen LogP contribution in [0.4, 0.5) is 0 Å². The molecular weight excluding hydrogens is 216 g/mol. The van der Waals surface area contributed by atoms with E-state index in [2.05, 4.69) is 19.1 Å². The van der Waals surface area contributed by atoms with Gasteiger partial charge in [0, 0.05) is 20.1 Å². The van der Waals surface area contributed by atoms with Crippen molar-refractivity contribution in [3.8, 4) is 5.75 Å². The molecule has 3 nitrogen and oxygen atoms in total. The third-order valence-corrected chi connectivity index (χ3v) is 3.11. The molecule has 3 heteroatoms. The van der Waals surface area contributed by atoms with E-state index in [9.17, 15) is 0 Å². The summed E-state index contributed by atoms with van der Waals surface area (Å²) in [7, 11) is 5.13. The van der Waals surface area contributed by atoms with Gasteiger partial charge in [-0.2, -0.15) is 0 Å². The van der Waals surface area contributed by atoms with E-state index in [1.165, 1.54) is 5.56 Å². The summed E-state index contributed by atoms with van der Waals surface area (Å²) >= 11 is 0. The summed E-state index contributed by atoms with van der Waals surface area (Å²) in [4.78, 5) is 0. The minimum absolute atomic E-state index is 0.374. The molecule has 1 aromatic rings. The summed E-state index contributed by atoms with van der Waals surface area (Å²) in [6.07, 6.45) is 0. The van der Waals surface area contributed by atoms with Gasteiger partial charge in [-0.1, -0.05) is 19.1 Å². The van der Waals surface area contributed by atoms with Crippen molar-refractivity contribution in [2.24, 2.45) is 5.92 Å². The number of benzene rings is 1. The van der Waals surface area contributed by atoms with Gasteiger partial charge in [0.2, 0.25) is 0 Å². The van der Waals surface area contributed by atoms with Gasteiger partial charge in [-0.15, -0.1) is 0 Å². The molecule has 0 spiro atoms. The van der Waals surface area contributed by atoms with E-state index in [0.717, 1.165) is 5.75 Å². The molecule has 17 heavy (non-hydrogen) atoms.